The molecule has 23 heavy (non-hydrogen) atoms. The summed E-state index contributed by atoms with van der Waals surface area (Å²) in [7, 11) is 0. The van der Waals surface area contributed by atoms with Crippen LogP contribution in [0.25, 0.3) is 0 Å². The summed E-state index contributed by atoms with van der Waals surface area (Å²) >= 11 is 2.24. The Bertz CT molecular complexity index is 708. The molecule has 0 unspecified atom stereocenters. The molecule has 0 spiro atoms. The Morgan fingerprint density at radius 2 is 1.87 bits per heavy atom. The number of carbonyl (C=O) groups is 1. The third kappa shape index (κ3) is 3.93. The van der Waals surface area contributed by atoms with Gasteiger partial charge in [-0.2, -0.15) is 0 Å². The molecule has 3 rings (SSSR count). The van der Waals surface area contributed by atoms with Gasteiger partial charge in [-0.05, 0) is 78.7 Å². The zero-order valence-electron chi connectivity index (χ0n) is 13.3. The van der Waals surface area contributed by atoms with Gasteiger partial charge in [0.2, 0.25) is 0 Å². The van der Waals surface area contributed by atoms with Crippen molar-refractivity contribution in [2.45, 2.75) is 26.3 Å². The van der Waals surface area contributed by atoms with Crippen LogP contribution in [0.2, 0.25) is 0 Å². The van der Waals surface area contributed by atoms with Crippen LogP contribution >= 0.6 is 22.6 Å². The minimum atomic E-state index is -0.0352. The number of amides is 1. The molecular formula is C19H21IN2O. The molecule has 2 aromatic carbocycles. The first-order valence-corrected chi connectivity index (χ1v) is 9.10. The maximum atomic E-state index is 12.6. The second-order valence-electron chi connectivity index (χ2n) is 6.03. The predicted molar refractivity (Wildman–Crippen MR) is 103 cm³/mol. The predicted octanol–water partition coefficient (Wildman–Crippen LogP) is 4.45. The van der Waals surface area contributed by atoms with E-state index in [2.05, 4.69) is 38.9 Å². The number of anilines is 1. The molecule has 0 aromatic heterocycles. The van der Waals surface area contributed by atoms with Crippen LogP contribution in [0.3, 0.4) is 0 Å². The lowest BCUT2D eigenvalue weighted by molar-refractivity contribution is 0.102. The normalized spacial score (nSPS) is 14.9. The summed E-state index contributed by atoms with van der Waals surface area (Å²) in [6, 6.07) is 14.0. The van der Waals surface area contributed by atoms with E-state index in [-0.39, 0.29) is 5.91 Å². The molecule has 0 aliphatic carbocycles. The average molecular weight is 420 g/mol. The molecule has 1 aliphatic rings. The summed E-state index contributed by atoms with van der Waals surface area (Å²) in [5, 5.41) is 3.10. The molecule has 2 aromatic rings. The molecule has 0 atom stereocenters. The first kappa shape index (κ1) is 16.5. The number of rotatable bonds is 4. The third-order valence-electron chi connectivity index (χ3n) is 4.29. The third-order valence-corrected chi connectivity index (χ3v) is 5.73. The molecule has 1 amide bonds. The van der Waals surface area contributed by atoms with Crippen molar-refractivity contribution in [2.24, 2.45) is 0 Å². The second-order valence-corrected chi connectivity index (χ2v) is 7.11. The van der Waals surface area contributed by atoms with E-state index < -0.39 is 0 Å². The Labute approximate surface area is 151 Å². The van der Waals surface area contributed by atoms with Crippen molar-refractivity contribution in [2.75, 3.05) is 18.4 Å². The van der Waals surface area contributed by atoms with Crippen LogP contribution in [0.5, 0.6) is 0 Å². The maximum absolute atomic E-state index is 12.6. The zero-order chi connectivity index (χ0) is 16.2. The Kier molecular flexibility index (Phi) is 5.33. The van der Waals surface area contributed by atoms with Crippen molar-refractivity contribution < 1.29 is 4.79 Å². The fourth-order valence-corrected chi connectivity index (χ4v) is 3.58. The largest absolute Gasteiger partial charge is 0.322 e. The second kappa shape index (κ2) is 7.45. The van der Waals surface area contributed by atoms with E-state index in [0.29, 0.717) is 0 Å². The smallest absolute Gasteiger partial charge is 0.256 e. The van der Waals surface area contributed by atoms with E-state index in [9.17, 15) is 4.79 Å². The number of aryl methyl sites for hydroxylation is 1. The molecule has 1 fully saturated rings. The van der Waals surface area contributed by atoms with Gasteiger partial charge in [0.25, 0.3) is 5.91 Å². The highest BCUT2D eigenvalue weighted by Gasteiger charge is 2.16. The van der Waals surface area contributed by atoms with Crippen molar-refractivity contribution in [1.82, 2.24) is 4.90 Å². The summed E-state index contributed by atoms with van der Waals surface area (Å²) in [5.41, 5.74) is 3.97. The summed E-state index contributed by atoms with van der Waals surface area (Å²) < 4.78 is 1.01. The number of nitrogens with one attached hydrogen (secondary N) is 1. The van der Waals surface area contributed by atoms with Gasteiger partial charge in [0.15, 0.2) is 0 Å². The van der Waals surface area contributed by atoms with Gasteiger partial charge in [0.1, 0.15) is 0 Å². The van der Waals surface area contributed by atoms with Gasteiger partial charge < -0.3 is 5.32 Å². The minimum Gasteiger partial charge on any atom is -0.322 e. The van der Waals surface area contributed by atoms with E-state index in [0.717, 1.165) is 40.0 Å². The van der Waals surface area contributed by atoms with Gasteiger partial charge in [-0.25, -0.2) is 0 Å². The molecular weight excluding hydrogens is 399 g/mol. The van der Waals surface area contributed by atoms with Gasteiger partial charge in [0, 0.05) is 15.8 Å². The number of halogens is 1. The van der Waals surface area contributed by atoms with Gasteiger partial charge >= 0.3 is 0 Å². The maximum Gasteiger partial charge on any atom is 0.256 e. The number of hydrogen-bond donors (Lipinski definition) is 1. The summed E-state index contributed by atoms with van der Waals surface area (Å²) in [5.74, 6) is -0.0352. The summed E-state index contributed by atoms with van der Waals surface area (Å²) in [6.45, 7) is 5.23. The first-order chi connectivity index (χ1) is 11.1. The Hall–Kier alpha value is -1.40. The van der Waals surface area contributed by atoms with Gasteiger partial charge in [-0.3, -0.25) is 9.69 Å². The average Bonchev–Trinajstić information content (AvgIpc) is 3.05. The summed E-state index contributed by atoms with van der Waals surface area (Å²) in [6.07, 6.45) is 2.55. The molecule has 0 radical (unpaired) electrons. The van der Waals surface area contributed by atoms with Crippen molar-refractivity contribution in [1.29, 1.82) is 0 Å². The van der Waals surface area contributed by atoms with Crippen LogP contribution in [0.15, 0.2) is 42.5 Å². The van der Waals surface area contributed by atoms with Crippen LogP contribution in [-0.2, 0) is 6.54 Å². The van der Waals surface area contributed by atoms with E-state index in [1.807, 2.05) is 43.3 Å². The van der Waals surface area contributed by atoms with Crippen molar-refractivity contribution >= 4 is 34.2 Å². The molecule has 1 saturated heterocycles. The fourth-order valence-electron chi connectivity index (χ4n) is 2.97. The van der Waals surface area contributed by atoms with Crippen molar-refractivity contribution in [3.63, 3.8) is 0 Å². The number of hydrogen-bond acceptors (Lipinski definition) is 2. The molecule has 3 nitrogen and oxygen atoms in total. The monoisotopic (exact) mass is 420 g/mol. The SMILES string of the molecule is Cc1cccc(C(=O)Nc2ccccc2CN2CCCC2)c1I. The highest BCUT2D eigenvalue weighted by Crippen LogP contribution is 2.22. The number of benzene rings is 2. The lowest BCUT2D eigenvalue weighted by atomic mass is 10.1. The van der Waals surface area contributed by atoms with E-state index in [4.69, 9.17) is 0 Å². The van der Waals surface area contributed by atoms with Gasteiger partial charge in [-0.15, -0.1) is 0 Å². The Morgan fingerprint density at radius 1 is 1.13 bits per heavy atom. The Morgan fingerprint density at radius 3 is 2.65 bits per heavy atom. The topological polar surface area (TPSA) is 32.3 Å². The highest BCUT2D eigenvalue weighted by atomic mass is 127. The Balaban J connectivity index is 1.79. The van der Waals surface area contributed by atoms with Gasteiger partial charge in [-0.1, -0.05) is 30.3 Å². The molecule has 1 heterocycles. The van der Waals surface area contributed by atoms with E-state index >= 15 is 0 Å². The molecule has 0 saturated carbocycles. The molecule has 1 N–H and O–H groups in total. The zero-order valence-corrected chi connectivity index (χ0v) is 15.5. The summed E-state index contributed by atoms with van der Waals surface area (Å²) in [4.78, 5) is 15.1. The van der Waals surface area contributed by atoms with Gasteiger partial charge in [0.05, 0.1) is 5.56 Å². The molecule has 0 bridgehead atoms. The van der Waals surface area contributed by atoms with Crippen LogP contribution in [0.1, 0.15) is 34.3 Å². The van der Waals surface area contributed by atoms with Crippen LogP contribution < -0.4 is 5.32 Å². The van der Waals surface area contributed by atoms with E-state index in [1.54, 1.807) is 0 Å². The van der Waals surface area contributed by atoms with Crippen LogP contribution in [0.4, 0.5) is 5.69 Å². The number of likely N-dealkylation sites (tertiary alicyclic amines) is 1. The number of nitrogens with zero attached hydrogens (tertiary/aromatic N) is 1. The number of carbonyl (C=O) groups excluding carboxylic acids is 1. The highest BCUT2D eigenvalue weighted by molar-refractivity contribution is 14.1. The standard InChI is InChI=1S/C19H21IN2O/c1-14-7-6-9-16(18(14)20)19(23)21-17-10-3-2-8-15(17)13-22-11-4-5-12-22/h2-3,6-10H,4-5,11-13H2,1H3,(H,21,23). The number of para-hydroxylation sites is 1. The lowest BCUT2D eigenvalue weighted by Gasteiger charge is -2.18. The van der Waals surface area contributed by atoms with Crippen LogP contribution in [-0.4, -0.2) is 23.9 Å². The quantitative estimate of drug-likeness (QED) is 0.742. The van der Waals surface area contributed by atoms with Crippen molar-refractivity contribution in [3.05, 3.63) is 62.7 Å². The lowest BCUT2D eigenvalue weighted by Crippen LogP contribution is -2.21. The first-order valence-electron chi connectivity index (χ1n) is 8.02. The van der Waals surface area contributed by atoms with E-state index in [1.165, 1.54) is 18.4 Å². The van der Waals surface area contributed by atoms with Crippen LogP contribution in [0, 0.1) is 10.5 Å². The minimum absolute atomic E-state index is 0.0352. The van der Waals surface area contributed by atoms with Crippen molar-refractivity contribution in [3.8, 4) is 0 Å². The molecule has 1 aliphatic heterocycles. The molecule has 120 valence electrons. The fraction of sp³-hybridized carbons (Fsp3) is 0.316. The molecule has 4 heteroatoms.